The lowest BCUT2D eigenvalue weighted by Gasteiger charge is -2.14. The van der Waals surface area contributed by atoms with Gasteiger partial charge in [0.1, 0.15) is 17.5 Å². The molecule has 2 aromatic heterocycles. The van der Waals surface area contributed by atoms with E-state index >= 15 is 0 Å². The molecule has 186 valence electrons. The topological polar surface area (TPSA) is 101 Å². The van der Waals surface area contributed by atoms with Crippen molar-refractivity contribution in [3.63, 3.8) is 0 Å². The number of aryl methyl sites for hydroxylation is 2. The first-order valence-corrected chi connectivity index (χ1v) is 11.6. The minimum absolute atomic E-state index is 0.0483. The second-order valence-electron chi connectivity index (χ2n) is 9.83. The molecule has 0 fully saturated rings. The first-order chi connectivity index (χ1) is 16.4. The molecule has 0 aliphatic heterocycles. The molecule has 1 aromatic carbocycles. The van der Waals surface area contributed by atoms with Crippen LogP contribution < -0.4 is 16.0 Å². The van der Waals surface area contributed by atoms with E-state index in [1.54, 1.807) is 29.1 Å². The third kappa shape index (κ3) is 7.11. The van der Waals surface area contributed by atoms with Gasteiger partial charge in [-0.25, -0.2) is 18.9 Å². The molecule has 0 radical (unpaired) electrons. The zero-order chi connectivity index (χ0) is 25.8. The molecule has 2 heterocycles. The van der Waals surface area contributed by atoms with Crippen LogP contribution in [0.5, 0.6) is 0 Å². The number of hydrogen-bond donors (Lipinski definition) is 3. The van der Waals surface area contributed by atoms with Gasteiger partial charge in [0.25, 0.3) is 0 Å². The van der Waals surface area contributed by atoms with Gasteiger partial charge in [-0.2, -0.15) is 5.10 Å². The number of halogens is 1. The lowest BCUT2D eigenvalue weighted by molar-refractivity contribution is -0.114. The van der Waals surface area contributed by atoms with Gasteiger partial charge >= 0.3 is 6.03 Å². The summed E-state index contributed by atoms with van der Waals surface area (Å²) in [5.74, 6) is 0.335. The number of hydrogen-bond acceptors (Lipinski definition) is 4. The van der Waals surface area contributed by atoms with Crippen molar-refractivity contribution in [3.8, 4) is 0 Å². The summed E-state index contributed by atoms with van der Waals surface area (Å²) in [6.45, 7) is 11.5. The smallest absolute Gasteiger partial charge is 0.311 e. The minimum Gasteiger partial charge on any atom is -0.311 e. The predicted octanol–water partition coefficient (Wildman–Crippen LogP) is 5.68. The highest BCUT2D eigenvalue weighted by molar-refractivity contribution is 5.99. The Morgan fingerprint density at radius 1 is 1.00 bits per heavy atom. The Morgan fingerprint density at radius 3 is 2.29 bits per heavy atom. The summed E-state index contributed by atoms with van der Waals surface area (Å²) in [6, 6.07) is 9.76. The van der Waals surface area contributed by atoms with E-state index < -0.39 is 11.8 Å². The number of aromatic nitrogens is 3. The number of nitrogens with zero attached hydrogens (tertiary/aromatic N) is 3. The van der Waals surface area contributed by atoms with Gasteiger partial charge in [-0.3, -0.25) is 10.1 Å². The summed E-state index contributed by atoms with van der Waals surface area (Å²) < 4.78 is 16.5. The number of amides is 3. The van der Waals surface area contributed by atoms with E-state index in [9.17, 15) is 14.0 Å². The molecule has 0 saturated heterocycles. The molecule has 9 heteroatoms. The Labute approximate surface area is 205 Å². The van der Waals surface area contributed by atoms with Crippen molar-refractivity contribution in [2.75, 3.05) is 16.0 Å². The van der Waals surface area contributed by atoms with Crippen molar-refractivity contribution in [2.24, 2.45) is 0 Å². The molecule has 0 bridgehead atoms. The average Bonchev–Trinajstić information content (AvgIpc) is 3.18. The van der Waals surface area contributed by atoms with E-state index in [4.69, 9.17) is 0 Å². The zero-order valence-corrected chi connectivity index (χ0v) is 21.1. The molecule has 3 aromatic rings. The Bertz CT molecular complexity index is 1210. The summed E-state index contributed by atoms with van der Waals surface area (Å²) in [6.07, 6.45) is 2.87. The second-order valence-corrected chi connectivity index (χ2v) is 9.83. The van der Waals surface area contributed by atoms with E-state index in [-0.39, 0.29) is 23.1 Å². The van der Waals surface area contributed by atoms with Crippen LogP contribution in [0.3, 0.4) is 0 Å². The van der Waals surface area contributed by atoms with Crippen LogP contribution in [0.2, 0.25) is 0 Å². The number of benzene rings is 1. The van der Waals surface area contributed by atoms with Crippen molar-refractivity contribution in [3.05, 3.63) is 65.2 Å². The molecule has 3 rings (SSSR count). The summed E-state index contributed by atoms with van der Waals surface area (Å²) in [5, 5.41) is 12.6. The third-order valence-corrected chi connectivity index (χ3v) is 5.35. The molecule has 0 aliphatic carbocycles. The van der Waals surface area contributed by atoms with Crippen LogP contribution in [0, 0.1) is 5.82 Å². The Morgan fingerprint density at radius 2 is 1.69 bits per heavy atom. The van der Waals surface area contributed by atoms with Gasteiger partial charge in [-0.1, -0.05) is 26.8 Å². The molecular formula is C26H33FN6O2. The molecule has 0 saturated carbocycles. The van der Waals surface area contributed by atoms with E-state index in [0.29, 0.717) is 24.5 Å². The van der Waals surface area contributed by atoms with Gasteiger partial charge in [0.2, 0.25) is 5.91 Å². The zero-order valence-electron chi connectivity index (χ0n) is 21.1. The van der Waals surface area contributed by atoms with Crippen molar-refractivity contribution in [1.82, 2.24) is 14.8 Å². The lowest BCUT2D eigenvalue weighted by atomic mass is 9.92. The maximum Gasteiger partial charge on any atom is 0.324 e. The van der Waals surface area contributed by atoms with Crippen LogP contribution in [-0.4, -0.2) is 26.7 Å². The van der Waals surface area contributed by atoms with Gasteiger partial charge in [0.15, 0.2) is 0 Å². The quantitative estimate of drug-likeness (QED) is 0.405. The number of urea groups is 1. The Hall–Kier alpha value is -3.75. The molecule has 35 heavy (non-hydrogen) atoms. The summed E-state index contributed by atoms with van der Waals surface area (Å²) in [4.78, 5) is 27.9. The maximum atomic E-state index is 14.7. The minimum atomic E-state index is -0.541. The Kier molecular flexibility index (Phi) is 7.89. The molecule has 3 amide bonds. The lowest BCUT2D eigenvalue weighted by Crippen LogP contribution is -2.22. The van der Waals surface area contributed by atoms with Crippen LogP contribution >= 0.6 is 0 Å². The fourth-order valence-electron chi connectivity index (χ4n) is 3.50. The van der Waals surface area contributed by atoms with Gasteiger partial charge < -0.3 is 10.6 Å². The second kappa shape index (κ2) is 10.7. The number of rotatable bonds is 7. The van der Waals surface area contributed by atoms with Crippen LogP contribution in [0.1, 0.15) is 64.4 Å². The molecule has 0 aliphatic rings. The normalized spacial score (nSPS) is 11.4. The van der Waals surface area contributed by atoms with Crippen molar-refractivity contribution >= 4 is 29.3 Å². The van der Waals surface area contributed by atoms with Gasteiger partial charge in [0, 0.05) is 30.6 Å². The molecule has 0 atom stereocenters. The maximum absolute atomic E-state index is 14.7. The van der Waals surface area contributed by atoms with E-state index in [1.165, 1.54) is 13.0 Å². The van der Waals surface area contributed by atoms with Crippen molar-refractivity contribution < 1.29 is 14.0 Å². The van der Waals surface area contributed by atoms with Crippen LogP contribution in [0.4, 0.5) is 26.5 Å². The van der Waals surface area contributed by atoms with Crippen LogP contribution in [0.15, 0.2) is 42.6 Å². The molecule has 3 N–H and O–H groups in total. The highest BCUT2D eigenvalue weighted by Crippen LogP contribution is 2.26. The van der Waals surface area contributed by atoms with Gasteiger partial charge in [-0.15, -0.1) is 0 Å². The fourth-order valence-corrected chi connectivity index (χ4v) is 3.50. The summed E-state index contributed by atoms with van der Waals surface area (Å²) in [7, 11) is 0. The SMILES string of the molecule is CC(=O)Nc1cc(CCc2ccc(NC(=O)Nc3cc(C(C)(C)C)nn3C(C)C)c(F)c2)ccn1. The molecular weight excluding hydrogens is 447 g/mol. The summed E-state index contributed by atoms with van der Waals surface area (Å²) >= 11 is 0. The van der Waals surface area contributed by atoms with Crippen molar-refractivity contribution in [1.29, 1.82) is 0 Å². The average molecular weight is 481 g/mol. The number of carbonyl (C=O) groups excluding carboxylic acids is 2. The fraction of sp³-hybridized carbons (Fsp3) is 0.385. The highest BCUT2D eigenvalue weighted by atomic mass is 19.1. The van der Waals surface area contributed by atoms with Gasteiger partial charge in [-0.05, 0) is 62.1 Å². The van der Waals surface area contributed by atoms with Gasteiger partial charge in [0.05, 0.1) is 11.4 Å². The predicted molar refractivity (Wildman–Crippen MR) is 136 cm³/mol. The largest absolute Gasteiger partial charge is 0.324 e. The standard InChI is InChI=1S/C26H33FN6O2/c1-16(2)33-24(15-22(32-33)26(4,5)6)31-25(35)30-21-10-9-18(13-20(21)27)7-8-19-11-12-28-23(14-19)29-17(3)34/h9-16H,7-8H2,1-6H3,(H,28,29,34)(H2,30,31,35). The molecule has 0 unspecified atom stereocenters. The summed E-state index contributed by atoms with van der Waals surface area (Å²) in [5.41, 5.74) is 2.54. The Balaban J connectivity index is 1.64. The molecule has 8 nitrogen and oxygen atoms in total. The van der Waals surface area contributed by atoms with E-state index in [2.05, 4.69) is 46.8 Å². The highest BCUT2D eigenvalue weighted by Gasteiger charge is 2.22. The number of carbonyl (C=O) groups is 2. The van der Waals surface area contributed by atoms with Crippen LogP contribution in [-0.2, 0) is 23.1 Å². The first-order valence-electron chi connectivity index (χ1n) is 11.6. The van der Waals surface area contributed by atoms with Crippen LogP contribution in [0.25, 0.3) is 0 Å². The molecule has 0 spiro atoms. The first kappa shape index (κ1) is 25.9. The number of nitrogens with one attached hydrogen (secondary N) is 3. The van der Waals surface area contributed by atoms with E-state index in [0.717, 1.165) is 16.8 Å². The third-order valence-electron chi connectivity index (χ3n) is 5.35. The monoisotopic (exact) mass is 480 g/mol. The number of anilines is 3. The number of pyridine rings is 1. The van der Waals surface area contributed by atoms with Crippen molar-refractivity contribution in [2.45, 2.75) is 65.8 Å². The van der Waals surface area contributed by atoms with E-state index in [1.807, 2.05) is 26.0 Å².